The predicted octanol–water partition coefficient (Wildman–Crippen LogP) is 2.60. The molecule has 0 saturated heterocycles. The zero-order valence-electron chi connectivity index (χ0n) is 10.7. The standard InChI is InChI=1S/C13H11FN2O4S/c14-9-3-1-2-4-10(9)20-8-7-15-13(17)11-5-6-12(21-11)16(18)19/h1-6H,7-8H2,(H,15,17). The lowest BCUT2D eigenvalue weighted by Crippen LogP contribution is -2.27. The van der Waals surface area contributed by atoms with Gasteiger partial charge in [-0.05, 0) is 18.2 Å². The van der Waals surface area contributed by atoms with Gasteiger partial charge in [0.05, 0.1) is 16.3 Å². The average Bonchev–Trinajstić information content (AvgIpc) is 2.95. The summed E-state index contributed by atoms with van der Waals surface area (Å²) in [4.78, 5) is 21.9. The fourth-order valence-corrected chi connectivity index (χ4v) is 2.26. The van der Waals surface area contributed by atoms with Gasteiger partial charge in [0.15, 0.2) is 11.6 Å². The second kappa shape index (κ2) is 6.80. The van der Waals surface area contributed by atoms with Crippen LogP contribution in [-0.4, -0.2) is 24.0 Å². The van der Waals surface area contributed by atoms with Crippen LogP contribution in [0, 0.1) is 15.9 Å². The Labute approximate surface area is 123 Å². The van der Waals surface area contributed by atoms with Crippen LogP contribution >= 0.6 is 11.3 Å². The number of hydrogen-bond acceptors (Lipinski definition) is 5. The first-order valence-corrected chi connectivity index (χ1v) is 6.79. The van der Waals surface area contributed by atoms with Gasteiger partial charge in [-0.3, -0.25) is 14.9 Å². The minimum atomic E-state index is -0.553. The molecule has 1 aromatic carbocycles. The second-order valence-corrected chi connectivity index (χ2v) is 4.99. The van der Waals surface area contributed by atoms with Crippen molar-refractivity contribution in [1.82, 2.24) is 5.32 Å². The molecule has 0 aliphatic carbocycles. The number of ether oxygens (including phenoxy) is 1. The van der Waals surface area contributed by atoms with Crippen molar-refractivity contribution in [2.24, 2.45) is 0 Å². The summed E-state index contributed by atoms with van der Waals surface area (Å²) in [5.41, 5.74) is 0. The van der Waals surface area contributed by atoms with Crippen LogP contribution in [0.25, 0.3) is 0 Å². The smallest absolute Gasteiger partial charge is 0.324 e. The zero-order valence-corrected chi connectivity index (χ0v) is 11.6. The minimum absolute atomic E-state index is 0.0947. The average molecular weight is 310 g/mol. The van der Waals surface area contributed by atoms with Crippen molar-refractivity contribution < 1.29 is 18.8 Å². The van der Waals surface area contributed by atoms with Crippen LogP contribution < -0.4 is 10.1 Å². The number of carbonyl (C=O) groups excluding carboxylic acids is 1. The Kier molecular flexibility index (Phi) is 4.83. The number of carbonyl (C=O) groups is 1. The van der Waals surface area contributed by atoms with Gasteiger partial charge in [-0.25, -0.2) is 4.39 Å². The summed E-state index contributed by atoms with van der Waals surface area (Å²) >= 11 is 0.794. The molecule has 0 aliphatic heterocycles. The Morgan fingerprint density at radius 1 is 1.33 bits per heavy atom. The molecule has 2 rings (SSSR count). The normalized spacial score (nSPS) is 10.1. The molecule has 0 fully saturated rings. The molecule has 1 aromatic heterocycles. The number of rotatable bonds is 6. The lowest BCUT2D eigenvalue weighted by atomic mass is 10.3. The van der Waals surface area contributed by atoms with Crippen molar-refractivity contribution in [2.45, 2.75) is 0 Å². The molecule has 1 amide bonds. The predicted molar refractivity (Wildman–Crippen MR) is 75.2 cm³/mol. The molecule has 2 aromatic rings. The molecular formula is C13H11FN2O4S. The van der Waals surface area contributed by atoms with Crippen molar-refractivity contribution in [2.75, 3.05) is 13.2 Å². The van der Waals surface area contributed by atoms with E-state index in [4.69, 9.17) is 4.74 Å². The molecule has 0 bridgehead atoms. The van der Waals surface area contributed by atoms with Gasteiger partial charge in [0.2, 0.25) is 0 Å². The third kappa shape index (κ3) is 3.99. The van der Waals surface area contributed by atoms with Gasteiger partial charge in [-0.1, -0.05) is 23.5 Å². The molecule has 0 atom stereocenters. The van der Waals surface area contributed by atoms with E-state index < -0.39 is 16.6 Å². The van der Waals surface area contributed by atoms with Crippen LogP contribution in [0.15, 0.2) is 36.4 Å². The first kappa shape index (κ1) is 14.9. The number of benzene rings is 1. The first-order valence-electron chi connectivity index (χ1n) is 5.97. The maximum absolute atomic E-state index is 13.2. The highest BCUT2D eigenvalue weighted by atomic mass is 32.1. The van der Waals surface area contributed by atoms with E-state index >= 15 is 0 Å². The summed E-state index contributed by atoms with van der Waals surface area (Å²) in [5, 5.41) is 13.0. The maximum atomic E-state index is 13.2. The molecule has 8 heteroatoms. The van der Waals surface area contributed by atoms with Crippen molar-refractivity contribution in [3.8, 4) is 5.75 Å². The topological polar surface area (TPSA) is 81.5 Å². The lowest BCUT2D eigenvalue weighted by molar-refractivity contribution is -0.380. The Bertz CT molecular complexity index is 659. The number of nitro groups is 1. The summed E-state index contributed by atoms with van der Waals surface area (Å²) in [6.07, 6.45) is 0. The second-order valence-electron chi connectivity index (χ2n) is 3.93. The lowest BCUT2D eigenvalue weighted by Gasteiger charge is -2.07. The quantitative estimate of drug-likeness (QED) is 0.505. The van der Waals surface area contributed by atoms with Crippen LogP contribution in [0.1, 0.15) is 9.67 Å². The Balaban J connectivity index is 1.79. The summed E-state index contributed by atoms with van der Waals surface area (Å²) < 4.78 is 18.4. The monoisotopic (exact) mass is 310 g/mol. The molecule has 6 nitrogen and oxygen atoms in total. The van der Waals surface area contributed by atoms with E-state index in [0.29, 0.717) is 0 Å². The third-order valence-electron chi connectivity index (χ3n) is 2.48. The highest BCUT2D eigenvalue weighted by molar-refractivity contribution is 7.17. The minimum Gasteiger partial charge on any atom is -0.489 e. The molecule has 0 saturated carbocycles. The van der Waals surface area contributed by atoms with Gasteiger partial charge in [0.1, 0.15) is 6.61 Å². The number of nitrogens with zero attached hydrogens (tertiary/aromatic N) is 1. The van der Waals surface area contributed by atoms with Crippen molar-refractivity contribution in [3.05, 3.63) is 57.2 Å². The number of thiophene rings is 1. The van der Waals surface area contributed by atoms with Gasteiger partial charge < -0.3 is 10.1 Å². The van der Waals surface area contributed by atoms with Gasteiger partial charge in [-0.2, -0.15) is 0 Å². The van der Waals surface area contributed by atoms with E-state index in [1.54, 1.807) is 12.1 Å². The van der Waals surface area contributed by atoms with Gasteiger partial charge in [0, 0.05) is 6.07 Å². The molecule has 1 heterocycles. The van der Waals surface area contributed by atoms with Gasteiger partial charge in [0.25, 0.3) is 5.91 Å². The zero-order chi connectivity index (χ0) is 15.2. The maximum Gasteiger partial charge on any atom is 0.324 e. The number of para-hydroxylation sites is 1. The fraction of sp³-hybridized carbons (Fsp3) is 0.154. The van der Waals surface area contributed by atoms with Crippen LogP contribution in [0.4, 0.5) is 9.39 Å². The molecule has 0 unspecified atom stereocenters. The highest BCUT2D eigenvalue weighted by Crippen LogP contribution is 2.23. The van der Waals surface area contributed by atoms with Crippen LogP contribution in [0.2, 0.25) is 0 Å². The summed E-state index contributed by atoms with van der Waals surface area (Å²) in [6, 6.07) is 8.61. The summed E-state index contributed by atoms with van der Waals surface area (Å²) in [7, 11) is 0. The van der Waals surface area contributed by atoms with Gasteiger partial charge in [-0.15, -0.1) is 0 Å². The molecular weight excluding hydrogens is 299 g/mol. The number of nitrogens with one attached hydrogen (secondary N) is 1. The van der Waals surface area contributed by atoms with Crippen molar-refractivity contribution >= 4 is 22.2 Å². The molecule has 1 N–H and O–H groups in total. The third-order valence-corrected chi connectivity index (χ3v) is 3.51. The van der Waals surface area contributed by atoms with E-state index in [0.717, 1.165) is 11.3 Å². The Hall–Kier alpha value is -2.48. The number of halogens is 1. The molecule has 21 heavy (non-hydrogen) atoms. The van der Waals surface area contributed by atoms with Crippen LogP contribution in [-0.2, 0) is 0 Å². The highest BCUT2D eigenvalue weighted by Gasteiger charge is 2.14. The van der Waals surface area contributed by atoms with E-state index in [-0.39, 0.29) is 28.8 Å². The largest absolute Gasteiger partial charge is 0.489 e. The van der Waals surface area contributed by atoms with Crippen molar-refractivity contribution in [3.63, 3.8) is 0 Å². The molecule has 0 aliphatic rings. The Morgan fingerprint density at radius 3 is 2.76 bits per heavy atom. The van der Waals surface area contributed by atoms with Crippen LogP contribution in [0.3, 0.4) is 0 Å². The summed E-state index contributed by atoms with van der Waals surface area (Å²) in [5.74, 6) is -0.790. The van der Waals surface area contributed by atoms with Crippen molar-refractivity contribution in [1.29, 1.82) is 0 Å². The molecule has 0 radical (unpaired) electrons. The summed E-state index contributed by atoms with van der Waals surface area (Å²) in [6.45, 7) is 0.263. The molecule has 0 spiro atoms. The van der Waals surface area contributed by atoms with Gasteiger partial charge >= 0.3 is 5.00 Å². The van der Waals surface area contributed by atoms with E-state index in [1.165, 1.54) is 24.3 Å². The fourth-order valence-electron chi connectivity index (χ4n) is 1.52. The SMILES string of the molecule is O=C(NCCOc1ccccc1F)c1ccc([N+](=O)[O-])s1. The first-order chi connectivity index (χ1) is 10.1. The number of hydrogen-bond donors (Lipinski definition) is 1. The van der Waals surface area contributed by atoms with Crippen LogP contribution in [0.5, 0.6) is 5.75 Å². The number of amides is 1. The van der Waals surface area contributed by atoms with E-state index in [2.05, 4.69) is 5.32 Å². The van der Waals surface area contributed by atoms with E-state index in [9.17, 15) is 19.3 Å². The molecule has 110 valence electrons. The van der Waals surface area contributed by atoms with E-state index in [1.807, 2.05) is 0 Å². The Morgan fingerprint density at radius 2 is 2.10 bits per heavy atom.